The number of fused-ring (bicyclic) bond motifs is 1. The van der Waals surface area contributed by atoms with Crippen molar-refractivity contribution in [1.82, 2.24) is 5.32 Å². The van der Waals surface area contributed by atoms with E-state index in [1.165, 1.54) is 32.1 Å². The van der Waals surface area contributed by atoms with E-state index >= 15 is 0 Å². The van der Waals surface area contributed by atoms with Crippen LogP contribution in [0.4, 0.5) is 0 Å². The van der Waals surface area contributed by atoms with Crippen molar-refractivity contribution in [2.24, 2.45) is 0 Å². The second-order valence-corrected chi connectivity index (χ2v) is 11.7. The van der Waals surface area contributed by atoms with E-state index < -0.39 is 34.4 Å². The van der Waals surface area contributed by atoms with Crippen LogP contribution in [-0.2, 0) is 25.1 Å². The number of nitrogens with one attached hydrogen (secondary N) is 1. The summed E-state index contributed by atoms with van der Waals surface area (Å²) in [6.45, 7) is -0.471. The second-order valence-electron chi connectivity index (χ2n) is 8.22. The highest BCUT2D eigenvalue weighted by atomic mass is 32.2. The number of sulfone groups is 1. The Morgan fingerprint density at radius 2 is 1.90 bits per heavy atom. The summed E-state index contributed by atoms with van der Waals surface area (Å²) in [6.07, 6.45) is 6.55. The molecular formula is C22H27NO6S2. The number of para-hydroxylation sites is 1. The minimum absolute atomic E-state index is 0.0682. The summed E-state index contributed by atoms with van der Waals surface area (Å²) < 4.78 is 34.0. The van der Waals surface area contributed by atoms with Gasteiger partial charge in [-0.05, 0) is 25.3 Å². The first-order chi connectivity index (χ1) is 14.9. The normalized spacial score (nSPS) is 21.2. The van der Waals surface area contributed by atoms with E-state index in [2.05, 4.69) is 5.32 Å². The molecule has 1 aromatic carbocycles. The van der Waals surface area contributed by atoms with Gasteiger partial charge in [-0.25, -0.2) is 13.2 Å². The molecule has 1 aliphatic carbocycles. The minimum Gasteiger partial charge on any atom is -0.450 e. The standard InChI is InChI=1S/C22H27NO6S2/c24-20(23-15-10-11-31(26,27)14-15)12-28-22(25)21-18(13-30-16-6-2-1-3-7-16)17-8-4-5-9-19(17)29-21/h4-5,8-9,15-16H,1-3,6-7,10-14H2,(H,23,24). The van der Waals surface area contributed by atoms with Gasteiger partial charge in [-0.3, -0.25) is 4.79 Å². The maximum atomic E-state index is 12.7. The quantitative estimate of drug-likeness (QED) is 0.625. The number of rotatable bonds is 7. The van der Waals surface area contributed by atoms with Crippen LogP contribution in [0.3, 0.4) is 0 Å². The van der Waals surface area contributed by atoms with Crippen molar-refractivity contribution in [3.8, 4) is 0 Å². The molecule has 1 atom stereocenters. The van der Waals surface area contributed by atoms with Gasteiger partial charge < -0.3 is 14.5 Å². The zero-order valence-electron chi connectivity index (χ0n) is 17.3. The third-order valence-corrected chi connectivity index (χ3v) is 9.00. The summed E-state index contributed by atoms with van der Waals surface area (Å²) in [6, 6.07) is 7.07. The topological polar surface area (TPSA) is 103 Å². The molecule has 1 aliphatic heterocycles. The lowest BCUT2D eigenvalue weighted by atomic mass is 10.0. The number of esters is 1. The minimum atomic E-state index is -3.09. The van der Waals surface area contributed by atoms with Crippen LogP contribution in [0.2, 0.25) is 0 Å². The molecule has 0 spiro atoms. The van der Waals surface area contributed by atoms with Gasteiger partial charge in [0.25, 0.3) is 5.91 Å². The number of carbonyl (C=O) groups excluding carboxylic acids is 2. The van der Waals surface area contributed by atoms with Crippen LogP contribution in [0.1, 0.15) is 54.6 Å². The van der Waals surface area contributed by atoms with Crippen LogP contribution < -0.4 is 5.32 Å². The van der Waals surface area contributed by atoms with Crippen LogP contribution in [0.25, 0.3) is 11.0 Å². The molecule has 1 N–H and O–H groups in total. The average molecular weight is 466 g/mol. The lowest BCUT2D eigenvalue weighted by molar-refractivity contribution is -0.124. The summed E-state index contributed by atoms with van der Waals surface area (Å²) in [5, 5.41) is 4.09. The highest BCUT2D eigenvalue weighted by Gasteiger charge is 2.29. The van der Waals surface area contributed by atoms with Crippen LogP contribution in [0, 0.1) is 0 Å². The molecule has 1 aromatic heterocycles. The third kappa shape index (κ3) is 5.63. The van der Waals surface area contributed by atoms with Crippen molar-refractivity contribution in [1.29, 1.82) is 0 Å². The van der Waals surface area contributed by atoms with Gasteiger partial charge in [-0.15, -0.1) is 0 Å². The monoisotopic (exact) mass is 465 g/mol. The predicted molar refractivity (Wildman–Crippen MR) is 120 cm³/mol. The number of amides is 1. The lowest BCUT2D eigenvalue weighted by Crippen LogP contribution is -2.38. The molecule has 1 unspecified atom stereocenters. The first-order valence-electron chi connectivity index (χ1n) is 10.7. The molecule has 2 aromatic rings. The number of hydrogen-bond acceptors (Lipinski definition) is 7. The fraction of sp³-hybridized carbons (Fsp3) is 0.545. The van der Waals surface area contributed by atoms with E-state index in [4.69, 9.17) is 9.15 Å². The van der Waals surface area contributed by atoms with E-state index in [0.29, 0.717) is 23.0 Å². The Hall–Kier alpha value is -2.00. The van der Waals surface area contributed by atoms with E-state index in [1.807, 2.05) is 36.0 Å². The molecule has 2 aliphatic rings. The molecule has 31 heavy (non-hydrogen) atoms. The van der Waals surface area contributed by atoms with E-state index in [-0.39, 0.29) is 17.3 Å². The molecular weight excluding hydrogens is 438 g/mol. The number of hydrogen-bond donors (Lipinski definition) is 1. The Morgan fingerprint density at radius 3 is 2.65 bits per heavy atom. The first kappa shape index (κ1) is 22.2. The Morgan fingerprint density at radius 1 is 1.13 bits per heavy atom. The third-order valence-electron chi connectivity index (χ3n) is 5.83. The molecule has 2 fully saturated rings. The van der Waals surface area contributed by atoms with Crippen molar-refractivity contribution in [3.05, 3.63) is 35.6 Å². The number of furan rings is 1. The molecule has 2 heterocycles. The maximum Gasteiger partial charge on any atom is 0.375 e. The molecule has 0 bridgehead atoms. The second kappa shape index (κ2) is 9.65. The first-order valence-corrected chi connectivity index (χ1v) is 13.6. The summed E-state index contributed by atoms with van der Waals surface area (Å²) >= 11 is 1.84. The Labute approximate surface area is 186 Å². The SMILES string of the molecule is O=C(COC(=O)c1oc2ccccc2c1CSC1CCCCC1)NC1CCS(=O)(=O)C1. The van der Waals surface area contributed by atoms with Gasteiger partial charge in [0.05, 0.1) is 11.5 Å². The number of ether oxygens (including phenoxy) is 1. The molecule has 0 radical (unpaired) electrons. The van der Waals surface area contributed by atoms with Gasteiger partial charge >= 0.3 is 5.97 Å². The van der Waals surface area contributed by atoms with Crippen LogP contribution in [0.15, 0.2) is 28.7 Å². The fourth-order valence-corrected chi connectivity index (χ4v) is 7.24. The summed E-state index contributed by atoms with van der Waals surface area (Å²) in [5.74, 6) is -0.398. The molecule has 1 amide bonds. The van der Waals surface area contributed by atoms with Crippen LogP contribution in [-0.4, -0.2) is 49.7 Å². The molecule has 7 nitrogen and oxygen atoms in total. The number of carbonyl (C=O) groups is 2. The van der Waals surface area contributed by atoms with Crippen molar-refractivity contribution < 1.29 is 27.2 Å². The molecule has 1 saturated carbocycles. The predicted octanol–water partition coefficient (Wildman–Crippen LogP) is 3.46. The van der Waals surface area contributed by atoms with Gasteiger partial charge in [0.2, 0.25) is 5.76 Å². The molecule has 4 rings (SSSR count). The van der Waals surface area contributed by atoms with E-state index in [1.54, 1.807) is 0 Å². The molecule has 1 saturated heterocycles. The van der Waals surface area contributed by atoms with Gasteiger partial charge in [-0.2, -0.15) is 11.8 Å². The highest BCUT2D eigenvalue weighted by molar-refractivity contribution is 7.99. The maximum absolute atomic E-state index is 12.7. The summed E-state index contributed by atoms with van der Waals surface area (Å²) in [5.41, 5.74) is 1.42. The van der Waals surface area contributed by atoms with Crippen LogP contribution >= 0.6 is 11.8 Å². The van der Waals surface area contributed by atoms with Crippen LogP contribution in [0.5, 0.6) is 0 Å². The molecule has 9 heteroatoms. The van der Waals surface area contributed by atoms with Gasteiger partial charge in [0, 0.05) is 28.0 Å². The summed E-state index contributed by atoms with van der Waals surface area (Å²) in [4.78, 5) is 24.8. The van der Waals surface area contributed by atoms with E-state index in [9.17, 15) is 18.0 Å². The smallest absolute Gasteiger partial charge is 0.375 e. The number of thioether (sulfide) groups is 1. The fourth-order valence-electron chi connectivity index (χ4n) is 4.21. The van der Waals surface area contributed by atoms with Crippen molar-refractivity contribution >= 4 is 44.4 Å². The van der Waals surface area contributed by atoms with Crippen molar-refractivity contribution in [2.75, 3.05) is 18.1 Å². The Balaban J connectivity index is 1.40. The summed E-state index contributed by atoms with van der Waals surface area (Å²) in [7, 11) is -3.09. The van der Waals surface area contributed by atoms with Gasteiger partial charge in [0.1, 0.15) is 5.58 Å². The highest BCUT2D eigenvalue weighted by Crippen LogP contribution is 2.35. The van der Waals surface area contributed by atoms with Crippen molar-refractivity contribution in [3.63, 3.8) is 0 Å². The van der Waals surface area contributed by atoms with Crippen molar-refractivity contribution in [2.45, 2.75) is 55.6 Å². The largest absolute Gasteiger partial charge is 0.450 e. The zero-order chi connectivity index (χ0) is 21.8. The van der Waals surface area contributed by atoms with Gasteiger partial charge in [-0.1, -0.05) is 37.5 Å². The Bertz CT molecular complexity index is 1060. The zero-order valence-corrected chi connectivity index (χ0v) is 18.9. The Kier molecular flexibility index (Phi) is 6.91. The van der Waals surface area contributed by atoms with Gasteiger partial charge in [0.15, 0.2) is 16.4 Å². The number of benzene rings is 1. The molecule has 168 valence electrons. The lowest BCUT2D eigenvalue weighted by Gasteiger charge is -2.20. The average Bonchev–Trinajstić information content (AvgIpc) is 3.30. The van der Waals surface area contributed by atoms with E-state index in [0.717, 1.165) is 10.9 Å².